The third-order valence-corrected chi connectivity index (χ3v) is 5.27. The normalized spacial score (nSPS) is 28.4. The van der Waals surface area contributed by atoms with E-state index in [9.17, 15) is 0 Å². The van der Waals surface area contributed by atoms with Gasteiger partial charge in [0.2, 0.25) is 0 Å². The topological polar surface area (TPSA) is 35.2 Å². The first-order chi connectivity index (χ1) is 9.48. The molecule has 1 aromatic carbocycles. The molecule has 0 radical (unpaired) electrons. The van der Waals surface area contributed by atoms with Gasteiger partial charge in [0.05, 0.1) is 5.60 Å². The van der Waals surface area contributed by atoms with Gasteiger partial charge in [-0.25, -0.2) is 0 Å². The van der Waals surface area contributed by atoms with Gasteiger partial charge in [-0.05, 0) is 42.9 Å². The van der Waals surface area contributed by atoms with Gasteiger partial charge in [-0.3, -0.25) is 0 Å². The first-order valence-electron chi connectivity index (χ1n) is 7.22. The second-order valence-corrected chi connectivity index (χ2v) is 6.80. The molecule has 20 heavy (non-hydrogen) atoms. The van der Waals surface area contributed by atoms with Crippen molar-refractivity contribution in [3.05, 3.63) is 33.8 Å². The maximum Gasteiger partial charge on any atom is 0.0834 e. The Labute approximate surface area is 131 Å². The van der Waals surface area contributed by atoms with E-state index in [1.54, 1.807) is 7.11 Å². The predicted molar refractivity (Wildman–Crippen MR) is 85.5 cm³/mol. The number of halogens is 2. The summed E-state index contributed by atoms with van der Waals surface area (Å²) in [5, 5.41) is 1.37. The maximum absolute atomic E-state index is 6.48. The molecule has 0 bridgehead atoms. The average Bonchev–Trinajstić information content (AvgIpc) is 2.42. The van der Waals surface area contributed by atoms with Crippen LogP contribution in [0.15, 0.2) is 18.2 Å². The first-order valence-corrected chi connectivity index (χ1v) is 7.98. The number of benzene rings is 1. The Morgan fingerprint density at radius 3 is 2.60 bits per heavy atom. The number of nitrogens with two attached hydrogens (primary N) is 1. The molecule has 2 rings (SSSR count). The highest BCUT2D eigenvalue weighted by molar-refractivity contribution is 6.36. The zero-order valence-corrected chi connectivity index (χ0v) is 13.7. The lowest BCUT2D eigenvalue weighted by Crippen LogP contribution is -2.53. The zero-order valence-electron chi connectivity index (χ0n) is 12.2. The number of hydrogen-bond acceptors (Lipinski definition) is 2. The number of hydrogen-bond donors (Lipinski definition) is 1. The fraction of sp³-hybridized carbons (Fsp3) is 0.625. The highest BCUT2D eigenvalue weighted by Gasteiger charge is 2.40. The molecule has 1 aliphatic carbocycles. The van der Waals surface area contributed by atoms with E-state index in [-0.39, 0.29) is 11.6 Å². The van der Waals surface area contributed by atoms with Gasteiger partial charge in [0.25, 0.3) is 0 Å². The second kappa shape index (κ2) is 6.65. The van der Waals surface area contributed by atoms with Crippen LogP contribution < -0.4 is 5.73 Å². The minimum Gasteiger partial charge on any atom is -0.377 e. The molecular weight excluding hydrogens is 293 g/mol. The van der Waals surface area contributed by atoms with Gasteiger partial charge in [-0.2, -0.15) is 0 Å². The van der Waals surface area contributed by atoms with Crippen molar-refractivity contribution >= 4 is 23.2 Å². The monoisotopic (exact) mass is 315 g/mol. The van der Waals surface area contributed by atoms with Gasteiger partial charge >= 0.3 is 0 Å². The van der Waals surface area contributed by atoms with Crippen LogP contribution in [0.5, 0.6) is 0 Å². The van der Waals surface area contributed by atoms with E-state index in [1.807, 2.05) is 18.2 Å². The van der Waals surface area contributed by atoms with Crippen LogP contribution in [0.2, 0.25) is 10.0 Å². The van der Waals surface area contributed by atoms with E-state index in [1.165, 1.54) is 12.8 Å². The van der Waals surface area contributed by atoms with E-state index in [4.69, 9.17) is 33.7 Å². The molecule has 3 unspecified atom stereocenters. The third-order valence-electron chi connectivity index (χ3n) is 4.56. The molecular formula is C16H23Cl2NO. The highest BCUT2D eigenvalue weighted by Crippen LogP contribution is 2.38. The Bertz CT molecular complexity index is 446. The van der Waals surface area contributed by atoms with Crippen LogP contribution in [0.25, 0.3) is 0 Å². The number of methoxy groups -OCH3 is 1. The fourth-order valence-electron chi connectivity index (χ4n) is 3.35. The Morgan fingerprint density at radius 2 is 2.05 bits per heavy atom. The quantitative estimate of drug-likeness (QED) is 0.890. The molecule has 2 nitrogen and oxygen atoms in total. The van der Waals surface area contributed by atoms with E-state index >= 15 is 0 Å². The highest BCUT2D eigenvalue weighted by atomic mass is 35.5. The predicted octanol–water partition coefficient (Wildman–Crippen LogP) is 4.46. The summed E-state index contributed by atoms with van der Waals surface area (Å²) in [4.78, 5) is 0. The Kier molecular flexibility index (Phi) is 5.36. The van der Waals surface area contributed by atoms with Gasteiger partial charge in [0, 0.05) is 23.2 Å². The standard InChI is InChI=1S/C16H23Cl2NO/c1-11-5-4-8-16(10-11,20-2)15(19)9-12-13(17)6-3-7-14(12)18/h3,6-7,11,15H,4-5,8-10,19H2,1-2H3. The molecule has 112 valence electrons. The SMILES string of the molecule is COC1(C(N)Cc2c(Cl)cccc2Cl)CCCC(C)C1. The molecule has 0 aliphatic heterocycles. The van der Waals surface area contributed by atoms with Crippen molar-refractivity contribution in [2.24, 2.45) is 11.7 Å². The van der Waals surface area contributed by atoms with E-state index in [0.717, 1.165) is 18.4 Å². The molecule has 1 aromatic rings. The number of rotatable bonds is 4. The summed E-state index contributed by atoms with van der Waals surface area (Å²) >= 11 is 12.5. The van der Waals surface area contributed by atoms with Crippen LogP contribution in [-0.4, -0.2) is 18.8 Å². The molecule has 2 N–H and O–H groups in total. The van der Waals surface area contributed by atoms with E-state index in [2.05, 4.69) is 6.92 Å². The maximum atomic E-state index is 6.48. The summed E-state index contributed by atoms with van der Waals surface area (Å²) in [6.45, 7) is 2.27. The van der Waals surface area contributed by atoms with E-state index < -0.39 is 0 Å². The molecule has 1 fully saturated rings. The Balaban J connectivity index is 2.19. The van der Waals surface area contributed by atoms with Gasteiger partial charge in [0.15, 0.2) is 0 Å². The molecule has 1 aliphatic rings. The van der Waals surface area contributed by atoms with Crippen molar-refractivity contribution in [1.82, 2.24) is 0 Å². The van der Waals surface area contributed by atoms with Crippen molar-refractivity contribution in [3.8, 4) is 0 Å². The Morgan fingerprint density at radius 1 is 1.40 bits per heavy atom. The summed E-state index contributed by atoms with van der Waals surface area (Å²) in [6.07, 6.45) is 5.09. The van der Waals surface area contributed by atoms with Crippen molar-refractivity contribution in [1.29, 1.82) is 0 Å². The minimum absolute atomic E-state index is 0.0901. The molecule has 1 saturated carbocycles. The molecule has 0 saturated heterocycles. The summed E-state index contributed by atoms with van der Waals surface area (Å²) < 4.78 is 5.85. The van der Waals surface area contributed by atoms with Crippen LogP contribution in [0.3, 0.4) is 0 Å². The van der Waals surface area contributed by atoms with Crippen LogP contribution in [0.4, 0.5) is 0 Å². The van der Waals surface area contributed by atoms with Crippen LogP contribution in [0, 0.1) is 5.92 Å². The van der Waals surface area contributed by atoms with Crippen LogP contribution in [-0.2, 0) is 11.2 Å². The summed E-state index contributed by atoms with van der Waals surface area (Å²) in [5.41, 5.74) is 7.16. The summed E-state index contributed by atoms with van der Waals surface area (Å²) in [7, 11) is 1.77. The second-order valence-electron chi connectivity index (χ2n) is 5.98. The summed E-state index contributed by atoms with van der Waals surface area (Å²) in [5.74, 6) is 0.650. The lowest BCUT2D eigenvalue weighted by atomic mass is 9.73. The molecule has 0 heterocycles. The Hall–Kier alpha value is -0.280. The van der Waals surface area contributed by atoms with Crippen molar-refractivity contribution < 1.29 is 4.74 Å². The molecule has 0 aromatic heterocycles. The largest absolute Gasteiger partial charge is 0.377 e. The lowest BCUT2D eigenvalue weighted by Gasteiger charge is -2.43. The summed E-state index contributed by atoms with van der Waals surface area (Å²) in [6, 6.07) is 5.48. The minimum atomic E-state index is -0.250. The van der Waals surface area contributed by atoms with Crippen LogP contribution in [0.1, 0.15) is 38.2 Å². The van der Waals surface area contributed by atoms with Crippen molar-refractivity contribution in [2.75, 3.05) is 7.11 Å². The zero-order chi connectivity index (χ0) is 14.8. The molecule has 3 atom stereocenters. The van der Waals surface area contributed by atoms with Crippen LogP contribution >= 0.6 is 23.2 Å². The van der Waals surface area contributed by atoms with Gasteiger partial charge in [-0.1, -0.05) is 49.0 Å². The fourth-order valence-corrected chi connectivity index (χ4v) is 3.90. The first kappa shape index (κ1) is 16.1. The van der Waals surface area contributed by atoms with Gasteiger partial charge in [-0.15, -0.1) is 0 Å². The van der Waals surface area contributed by atoms with E-state index in [0.29, 0.717) is 22.4 Å². The molecule has 0 spiro atoms. The molecule has 0 amide bonds. The van der Waals surface area contributed by atoms with Crippen molar-refractivity contribution in [3.63, 3.8) is 0 Å². The van der Waals surface area contributed by atoms with Gasteiger partial charge in [0.1, 0.15) is 0 Å². The molecule has 4 heteroatoms. The van der Waals surface area contributed by atoms with Gasteiger partial charge < -0.3 is 10.5 Å². The van der Waals surface area contributed by atoms with Crippen molar-refractivity contribution in [2.45, 2.75) is 50.7 Å². The average molecular weight is 316 g/mol. The lowest BCUT2D eigenvalue weighted by molar-refractivity contribution is -0.0705. The number of ether oxygens (including phenoxy) is 1. The third kappa shape index (κ3) is 3.30. The smallest absolute Gasteiger partial charge is 0.0834 e.